The van der Waals surface area contributed by atoms with E-state index in [0.29, 0.717) is 12.6 Å². The minimum Gasteiger partial charge on any atom is -0.344 e. The average molecular weight is 293 g/mol. The molecule has 1 atom stereocenters. The van der Waals surface area contributed by atoms with Crippen LogP contribution in [0.4, 0.5) is 0 Å². The van der Waals surface area contributed by atoms with Crippen molar-refractivity contribution in [3.05, 3.63) is 11.9 Å². The van der Waals surface area contributed by atoms with Crippen LogP contribution in [0.15, 0.2) is 6.20 Å². The van der Waals surface area contributed by atoms with Gasteiger partial charge in [0.1, 0.15) is 6.54 Å². The number of nitrogens with one attached hydrogen (secondary N) is 2. The van der Waals surface area contributed by atoms with Crippen molar-refractivity contribution in [2.24, 2.45) is 5.92 Å². The highest BCUT2D eigenvalue weighted by Gasteiger charge is 2.22. The molecule has 0 aromatic carbocycles. The fraction of sp³-hybridized carbons (Fsp3) is 0.714. The molecular weight excluding hydrogens is 270 g/mol. The molecule has 7 heteroatoms. The van der Waals surface area contributed by atoms with E-state index in [9.17, 15) is 9.59 Å². The van der Waals surface area contributed by atoms with Crippen LogP contribution in [0.5, 0.6) is 0 Å². The van der Waals surface area contributed by atoms with Crippen molar-refractivity contribution in [2.45, 2.75) is 58.8 Å². The molecule has 1 aliphatic carbocycles. The van der Waals surface area contributed by atoms with Crippen LogP contribution in [0.1, 0.15) is 39.3 Å². The fourth-order valence-electron chi connectivity index (χ4n) is 2.14. The van der Waals surface area contributed by atoms with Crippen molar-refractivity contribution in [2.75, 3.05) is 0 Å². The zero-order chi connectivity index (χ0) is 15.4. The molecule has 0 saturated heterocycles. The Hall–Kier alpha value is -1.76. The molecule has 1 amide bonds. The lowest BCUT2D eigenvalue weighted by Gasteiger charge is -2.19. The number of Topliss-reactive ketones (excluding diaryl/α,β-unsaturated/α-hetero) is 1. The standard InChI is InChI=1S/C14H23N5O2/c1-9(2)14(10(3)20)16-13(21)8-19-7-12(17-18-19)6-15-11-4-5-11/h7,9,11,14-15H,4-6,8H2,1-3H3,(H,16,21). The quantitative estimate of drug-likeness (QED) is 0.717. The van der Waals surface area contributed by atoms with E-state index >= 15 is 0 Å². The molecule has 2 rings (SSSR count). The molecule has 2 N–H and O–H groups in total. The second kappa shape index (κ2) is 6.80. The number of hydrogen-bond donors (Lipinski definition) is 2. The Bertz CT molecular complexity index is 507. The van der Waals surface area contributed by atoms with Crippen LogP contribution in [0.3, 0.4) is 0 Å². The van der Waals surface area contributed by atoms with E-state index in [1.54, 1.807) is 6.20 Å². The van der Waals surface area contributed by atoms with Gasteiger partial charge in [-0.2, -0.15) is 0 Å². The van der Waals surface area contributed by atoms with Gasteiger partial charge in [0.05, 0.1) is 17.9 Å². The number of hydrogen-bond acceptors (Lipinski definition) is 5. The largest absolute Gasteiger partial charge is 0.344 e. The van der Waals surface area contributed by atoms with Crippen LogP contribution in [0, 0.1) is 5.92 Å². The Kier molecular flexibility index (Phi) is 5.06. The van der Waals surface area contributed by atoms with Crippen LogP contribution in [-0.2, 0) is 22.7 Å². The molecule has 1 heterocycles. The van der Waals surface area contributed by atoms with E-state index < -0.39 is 6.04 Å². The van der Waals surface area contributed by atoms with Gasteiger partial charge in [-0.25, -0.2) is 4.68 Å². The topological polar surface area (TPSA) is 88.9 Å². The highest BCUT2D eigenvalue weighted by atomic mass is 16.2. The normalized spacial score (nSPS) is 16.0. The third kappa shape index (κ3) is 4.93. The lowest BCUT2D eigenvalue weighted by atomic mass is 10.0. The van der Waals surface area contributed by atoms with Gasteiger partial charge in [-0.3, -0.25) is 9.59 Å². The van der Waals surface area contributed by atoms with Crippen LogP contribution in [-0.4, -0.2) is 38.8 Å². The molecule has 0 bridgehead atoms. The van der Waals surface area contributed by atoms with E-state index in [2.05, 4.69) is 20.9 Å². The summed E-state index contributed by atoms with van der Waals surface area (Å²) in [6.07, 6.45) is 4.20. The fourth-order valence-corrected chi connectivity index (χ4v) is 2.14. The third-order valence-corrected chi connectivity index (χ3v) is 3.46. The average Bonchev–Trinajstić information content (AvgIpc) is 3.13. The Morgan fingerprint density at radius 1 is 1.43 bits per heavy atom. The predicted molar refractivity (Wildman–Crippen MR) is 77.3 cm³/mol. The predicted octanol–water partition coefficient (Wildman–Crippen LogP) is 0.260. The highest BCUT2D eigenvalue weighted by molar-refractivity contribution is 5.87. The summed E-state index contributed by atoms with van der Waals surface area (Å²) < 4.78 is 1.50. The SMILES string of the molecule is CC(=O)C(NC(=O)Cn1cc(CNC2CC2)nn1)C(C)C. The van der Waals surface area contributed by atoms with Gasteiger partial charge >= 0.3 is 0 Å². The summed E-state index contributed by atoms with van der Waals surface area (Å²) in [6, 6.07) is 0.165. The monoisotopic (exact) mass is 293 g/mol. The lowest BCUT2D eigenvalue weighted by molar-refractivity contribution is -0.128. The smallest absolute Gasteiger partial charge is 0.242 e. The number of carbonyl (C=O) groups excluding carboxylic acids is 2. The van der Waals surface area contributed by atoms with E-state index in [0.717, 1.165) is 5.69 Å². The molecule has 1 fully saturated rings. The summed E-state index contributed by atoms with van der Waals surface area (Å²) in [7, 11) is 0. The number of ketones is 1. The highest BCUT2D eigenvalue weighted by Crippen LogP contribution is 2.18. The molecule has 1 unspecified atom stereocenters. The first-order chi connectivity index (χ1) is 9.95. The lowest BCUT2D eigenvalue weighted by Crippen LogP contribution is -2.44. The van der Waals surface area contributed by atoms with Gasteiger partial charge in [-0.1, -0.05) is 19.1 Å². The van der Waals surface area contributed by atoms with Crippen LogP contribution in [0.25, 0.3) is 0 Å². The van der Waals surface area contributed by atoms with Gasteiger partial charge in [-0.15, -0.1) is 5.10 Å². The van der Waals surface area contributed by atoms with E-state index in [1.165, 1.54) is 24.4 Å². The van der Waals surface area contributed by atoms with Gasteiger partial charge in [0.2, 0.25) is 5.91 Å². The van der Waals surface area contributed by atoms with Gasteiger partial charge in [-0.05, 0) is 25.7 Å². The number of carbonyl (C=O) groups is 2. The maximum absolute atomic E-state index is 11.9. The summed E-state index contributed by atoms with van der Waals surface area (Å²) in [5.74, 6) is -0.192. The molecule has 0 radical (unpaired) electrons. The number of aromatic nitrogens is 3. The van der Waals surface area contributed by atoms with Crippen LogP contribution in [0.2, 0.25) is 0 Å². The second-order valence-electron chi connectivity index (χ2n) is 5.96. The number of nitrogens with zero attached hydrogens (tertiary/aromatic N) is 3. The maximum atomic E-state index is 11.9. The molecular formula is C14H23N5O2. The summed E-state index contributed by atoms with van der Waals surface area (Å²) in [4.78, 5) is 23.4. The van der Waals surface area contributed by atoms with Crippen molar-refractivity contribution >= 4 is 11.7 Å². The van der Waals surface area contributed by atoms with E-state index in [1.807, 2.05) is 13.8 Å². The van der Waals surface area contributed by atoms with Crippen molar-refractivity contribution in [1.29, 1.82) is 0 Å². The first-order valence-electron chi connectivity index (χ1n) is 7.38. The molecule has 7 nitrogen and oxygen atoms in total. The molecule has 21 heavy (non-hydrogen) atoms. The molecule has 1 aliphatic rings. The Morgan fingerprint density at radius 3 is 2.71 bits per heavy atom. The number of amides is 1. The van der Waals surface area contributed by atoms with Gasteiger partial charge < -0.3 is 10.6 Å². The zero-order valence-electron chi connectivity index (χ0n) is 12.8. The molecule has 1 saturated carbocycles. The van der Waals surface area contributed by atoms with Crippen LogP contribution >= 0.6 is 0 Å². The van der Waals surface area contributed by atoms with Crippen molar-refractivity contribution in [3.63, 3.8) is 0 Å². The molecule has 116 valence electrons. The first kappa shape index (κ1) is 15.6. The van der Waals surface area contributed by atoms with E-state index in [-0.39, 0.29) is 24.2 Å². The Balaban J connectivity index is 1.82. The minimum absolute atomic E-state index is 0.0359. The first-order valence-corrected chi connectivity index (χ1v) is 7.38. The maximum Gasteiger partial charge on any atom is 0.242 e. The number of rotatable bonds is 8. The summed E-state index contributed by atoms with van der Waals surface area (Å²) in [5.41, 5.74) is 0.821. The molecule has 0 aliphatic heterocycles. The van der Waals surface area contributed by atoms with Gasteiger partial charge in [0.15, 0.2) is 5.78 Å². The molecule has 1 aromatic rings. The summed E-state index contributed by atoms with van der Waals surface area (Å²) in [6.45, 7) is 6.05. The van der Waals surface area contributed by atoms with E-state index in [4.69, 9.17) is 0 Å². The Labute approximate surface area is 124 Å². The van der Waals surface area contributed by atoms with Gasteiger partial charge in [0.25, 0.3) is 0 Å². The molecule has 1 aromatic heterocycles. The van der Waals surface area contributed by atoms with Crippen molar-refractivity contribution in [3.8, 4) is 0 Å². The second-order valence-corrected chi connectivity index (χ2v) is 5.96. The third-order valence-electron chi connectivity index (χ3n) is 3.46. The summed E-state index contributed by atoms with van der Waals surface area (Å²) in [5, 5.41) is 14.0. The zero-order valence-corrected chi connectivity index (χ0v) is 12.8. The van der Waals surface area contributed by atoms with Gasteiger partial charge in [0, 0.05) is 12.6 Å². The van der Waals surface area contributed by atoms with Crippen molar-refractivity contribution in [1.82, 2.24) is 25.6 Å². The molecule has 0 spiro atoms. The summed E-state index contributed by atoms with van der Waals surface area (Å²) >= 11 is 0. The van der Waals surface area contributed by atoms with Crippen LogP contribution < -0.4 is 10.6 Å². The Morgan fingerprint density at radius 2 is 2.14 bits per heavy atom. The minimum atomic E-state index is -0.447. The van der Waals surface area contributed by atoms with Crippen molar-refractivity contribution < 1.29 is 9.59 Å².